The molecule has 1 fully saturated rings. The van der Waals surface area contributed by atoms with Gasteiger partial charge in [-0.3, -0.25) is 0 Å². The third kappa shape index (κ3) is 4.44. The molecule has 2 bridgehead atoms. The van der Waals surface area contributed by atoms with Crippen LogP contribution >= 0.6 is 0 Å². The molecule has 0 radical (unpaired) electrons. The van der Waals surface area contributed by atoms with Gasteiger partial charge >= 0.3 is 0 Å². The number of fused-ring (bicyclic) bond motifs is 2. The van der Waals surface area contributed by atoms with Crippen LogP contribution in [0.1, 0.15) is 84.0 Å². The molecule has 3 unspecified atom stereocenters. The maximum Gasteiger partial charge on any atom is -0.0199 e. The van der Waals surface area contributed by atoms with E-state index in [9.17, 15) is 0 Å². The molecular formula is C18H32. The lowest BCUT2D eigenvalue weighted by molar-refractivity contribution is 0.393. The van der Waals surface area contributed by atoms with Crippen molar-refractivity contribution in [2.75, 3.05) is 0 Å². The van der Waals surface area contributed by atoms with Gasteiger partial charge in [-0.2, -0.15) is 0 Å². The van der Waals surface area contributed by atoms with Crippen LogP contribution in [0.5, 0.6) is 0 Å². The Morgan fingerprint density at radius 2 is 1.44 bits per heavy atom. The molecule has 0 nitrogen and oxygen atoms in total. The Bertz CT molecular complexity index is 240. The standard InChI is InChI=1S/C18H32/c1-2-3-4-5-6-7-8-9-10-11-17-14-16-12-13-18(17)15-16/h12-13,16-18H,2-11,14-15H2,1H3. The van der Waals surface area contributed by atoms with E-state index in [1.54, 1.807) is 0 Å². The minimum atomic E-state index is 0.971. The van der Waals surface area contributed by atoms with Gasteiger partial charge in [-0.15, -0.1) is 0 Å². The molecule has 3 atom stereocenters. The van der Waals surface area contributed by atoms with E-state index in [0.717, 1.165) is 17.8 Å². The molecule has 0 aromatic rings. The van der Waals surface area contributed by atoms with Crippen LogP contribution in [-0.2, 0) is 0 Å². The van der Waals surface area contributed by atoms with Crippen molar-refractivity contribution in [3.63, 3.8) is 0 Å². The summed E-state index contributed by atoms with van der Waals surface area (Å²) in [6.07, 6.45) is 22.7. The van der Waals surface area contributed by atoms with Crippen LogP contribution in [0.15, 0.2) is 12.2 Å². The Morgan fingerprint density at radius 1 is 0.778 bits per heavy atom. The first-order valence-corrected chi connectivity index (χ1v) is 8.58. The third-order valence-electron chi connectivity index (χ3n) is 5.09. The van der Waals surface area contributed by atoms with Crippen LogP contribution in [-0.4, -0.2) is 0 Å². The van der Waals surface area contributed by atoms with Gasteiger partial charge in [0.25, 0.3) is 0 Å². The zero-order valence-electron chi connectivity index (χ0n) is 12.4. The molecule has 0 N–H and O–H groups in total. The van der Waals surface area contributed by atoms with Gasteiger partial charge in [0.2, 0.25) is 0 Å². The lowest BCUT2D eigenvalue weighted by Gasteiger charge is -2.17. The summed E-state index contributed by atoms with van der Waals surface area (Å²) < 4.78 is 0. The minimum Gasteiger partial charge on any atom is -0.0851 e. The molecule has 0 heterocycles. The van der Waals surface area contributed by atoms with Gasteiger partial charge in [0.1, 0.15) is 0 Å². The molecule has 1 saturated carbocycles. The van der Waals surface area contributed by atoms with Crippen molar-refractivity contribution in [1.82, 2.24) is 0 Å². The SMILES string of the molecule is CCCCCCCCCCCC1CC2C=CC1C2. The summed E-state index contributed by atoms with van der Waals surface area (Å²) in [4.78, 5) is 0. The highest BCUT2D eigenvalue weighted by Gasteiger charge is 2.34. The van der Waals surface area contributed by atoms with Gasteiger partial charge in [0.15, 0.2) is 0 Å². The van der Waals surface area contributed by atoms with Gasteiger partial charge in [-0.25, -0.2) is 0 Å². The zero-order valence-corrected chi connectivity index (χ0v) is 12.4. The van der Waals surface area contributed by atoms with Crippen molar-refractivity contribution >= 4 is 0 Å². The van der Waals surface area contributed by atoms with Crippen molar-refractivity contribution in [3.8, 4) is 0 Å². The second-order valence-corrected chi connectivity index (χ2v) is 6.66. The first-order valence-electron chi connectivity index (χ1n) is 8.58. The molecule has 18 heavy (non-hydrogen) atoms. The summed E-state index contributed by atoms with van der Waals surface area (Å²) in [5, 5.41) is 0. The maximum atomic E-state index is 2.51. The quantitative estimate of drug-likeness (QED) is 0.323. The average molecular weight is 248 g/mol. The number of hydrogen-bond donors (Lipinski definition) is 0. The molecule has 0 amide bonds. The van der Waals surface area contributed by atoms with Gasteiger partial charge in [-0.05, 0) is 37.0 Å². The van der Waals surface area contributed by atoms with Gasteiger partial charge in [-0.1, -0.05) is 76.9 Å². The molecular weight excluding hydrogens is 216 g/mol. The van der Waals surface area contributed by atoms with E-state index in [0.29, 0.717) is 0 Å². The van der Waals surface area contributed by atoms with E-state index in [2.05, 4.69) is 19.1 Å². The smallest absolute Gasteiger partial charge is 0.0199 e. The lowest BCUT2D eigenvalue weighted by atomic mass is 9.88. The average Bonchev–Trinajstić information content (AvgIpc) is 2.99. The molecule has 2 rings (SSSR count). The van der Waals surface area contributed by atoms with E-state index in [1.165, 1.54) is 77.0 Å². The molecule has 2 aliphatic rings. The molecule has 0 spiro atoms. The lowest BCUT2D eigenvalue weighted by Crippen LogP contribution is -2.06. The number of allylic oxidation sites excluding steroid dienone is 2. The number of hydrogen-bond acceptors (Lipinski definition) is 0. The molecule has 104 valence electrons. The largest absolute Gasteiger partial charge is 0.0851 e. The summed E-state index contributed by atoms with van der Waals surface area (Å²) in [7, 11) is 0. The Balaban J connectivity index is 1.37. The number of unbranched alkanes of at least 4 members (excludes halogenated alkanes) is 8. The Hall–Kier alpha value is -0.260. The number of rotatable bonds is 10. The molecule has 0 aromatic carbocycles. The summed E-state index contributed by atoms with van der Waals surface area (Å²) >= 11 is 0. The molecule has 0 saturated heterocycles. The molecule has 2 aliphatic carbocycles. The zero-order chi connectivity index (χ0) is 12.6. The fourth-order valence-electron chi connectivity index (χ4n) is 3.94. The van der Waals surface area contributed by atoms with Crippen molar-refractivity contribution in [2.24, 2.45) is 17.8 Å². The maximum absolute atomic E-state index is 2.51. The third-order valence-corrected chi connectivity index (χ3v) is 5.09. The summed E-state index contributed by atoms with van der Waals surface area (Å²) in [6, 6.07) is 0. The Kier molecular flexibility index (Phi) is 6.31. The molecule has 0 aliphatic heterocycles. The summed E-state index contributed by atoms with van der Waals surface area (Å²) in [5.41, 5.74) is 0. The van der Waals surface area contributed by atoms with Crippen molar-refractivity contribution in [2.45, 2.75) is 84.0 Å². The fourth-order valence-corrected chi connectivity index (χ4v) is 3.94. The van der Waals surface area contributed by atoms with Gasteiger partial charge < -0.3 is 0 Å². The van der Waals surface area contributed by atoms with E-state index in [4.69, 9.17) is 0 Å². The predicted molar refractivity (Wildman–Crippen MR) is 80.7 cm³/mol. The Morgan fingerprint density at radius 3 is 2.00 bits per heavy atom. The summed E-state index contributed by atoms with van der Waals surface area (Å²) in [6.45, 7) is 2.30. The second-order valence-electron chi connectivity index (χ2n) is 6.66. The molecule has 0 heteroatoms. The normalized spacial score (nSPS) is 29.3. The first-order chi connectivity index (χ1) is 8.90. The summed E-state index contributed by atoms with van der Waals surface area (Å²) in [5.74, 6) is 3.01. The van der Waals surface area contributed by atoms with Crippen LogP contribution < -0.4 is 0 Å². The van der Waals surface area contributed by atoms with Crippen molar-refractivity contribution in [1.29, 1.82) is 0 Å². The van der Waals surface area contributed by atoms with Crippen LogP contribution in [0, 0.1) is 17.8 Å². The van der Waals surface area contributed by atoms with Crippen LogP contribution in [0.4, 0.5) is 0 Å². The van der Waals surface area contributed by atoms with E-state index >= 15 is 0 Å². The fraction of sp³-hybridized carbons (Fsp3) is 0.889. The second kappa shape index (κ2) is 8.02. The first kappa shape index (κ1) is 14.2. The van der Waals surface area contributed by atoms with Crippen molar-refractivity contribution in [3.05, 3.63) is 12.2 Å². The van der Waals surface area contributed by atoms with E-state index < -0.39 is 0 Å². The highest BCUT2D eigenvalue weighted by Crippen LogP contribution is 2.45. The van der Waals surface area contributed by atoms with Gasteiger partial charge in [0, 0.05) is 0 Å². The van der Waals surface area contributed by atoms with Crippen LogP contribution in [0.25, 0.3) is 0 Å². The van der Waals surface area contributed by atoms with Crippen molar-refractivity contribution < 1.29 is 0 Å². The topological polar surface area (TPSA) is 0 Å². The van der Waals surface area contributed by atoms with E-state index in [-0.39, 0.29) is 0 Å². The minimum absolute atomic E-state index is 0.971. The molecule has 0 aromatic heterocycles. The Labute approximate surface area is 114 Å². The van der Waals surface area contributed by atoms with Gasteiger partial charge in [0.05, 0.1) is 0 Å². The highest BCUT2D eigenvalue weighted by molar-refractivity contribution is 5.09. The monoisotopic (exact) mass is 248 g/mol. The van der Waals surface area contributed by atoms with Crippen LogP contribution in [0.3, 0.4) is 0 Å². The predicted octanol–water partition coefficient (Wildman–Crippen LogP) is 6.12. The van der Waals surface area contributed by atoms with E-state index in [1.807, 2.05) is 0 Å². The van der Waals surface area contributed by atoms with Crippen LogP contribution in [0.2, 0.25) is 0 Å². The highest BCUT2D eigenvalue weighted by atomic mass is 14.4.